The van der Waals surface area contributed by atoms with Crippen molar-refractivity contribution in [3.8, 4) is 11.5 Å². The Hall–Kier alpha value is -3.60. The molecular weight excluding hydrogens is 571 g/mol. The molecule has 0 aromatic heterocycles. The van der Waals surface area contributed by atoms with Gasteiger partial charge in [-0.2, -0.15) is 0 Å². The van der Waals surface area contributed by atoms with Gasteiger partial charge in [0.05, 0.1) is 20.0 Å². The minimum atomic E-state index is -3.85. The summed E-state index contributed by atoms with van der Waals surface area (Å²) in [6.07, 6.45) is 0.390. The van der Waals surface area contributed by atoms with E-state index in [9.17, 15) is 22.4 Å². The van der Waals surface area contributed by atoms with Crippen LogP contribution in [0.25, 0.3) is 0 Å². The first kappa shape index (κ1) is 32.3. The molecule has 1 aliphatic rings. The molecule has 1 heterocycles. The maximum Gasteiger partial charge on any atom is 0.214 e. The summed E-state index contributed by atoms with van der Waals surface area (Å²) < 4.78 is 54.4. The van der Waals surface area contributed by atoms with Crippen LogP contribution in [-0.2, 0) is 10.0 Å². The summed E-state index contributed by atoms with van der Waals surface area (Å²) in [4.78, 5) is 30.5. The molecule has 8 nitrogen and oxygen atoms in total. The number of ether oxygens (including phenoxy) is 2. The van der Waals surface area contributed by atoms with E-state index in [0.717, 1.165) is 0 Å². The van der Waals surface area contributed by atoms with Crippen LogP contribution in [0.1, 0.15) is 44.2 Å². The van der Waals surface area contributed by atoms with Crippen molar-refractivity contribution in [3.63, 3.8) is 0 Å². The Bertz CT molecular complexity index is 1510. The van der Waals surface area contributed by atoms with E-state index in [1.807, 2.05) is 19.0 Å². The minimum Gasteiger partial charge on any atom is -0.497 e. The fourth-order valence-electron chi connectivity index (χ4n) is 5.83. The number of carbonyl (C=O) groups excluding carboxylic acids is 2. The second kappa shape index (κ2) is 13.8. The highest BCUT2D eigenvalue weighted by molar-refractivity contribution is 7.89. The van der Waals surface area contributed by atoms with Gasteiger partial charge in [-0.15, -0.1) is 0 Å². The Morgan fingerprint density at radius 1 is 0.884 bits per heavy atom. The number of nitrogens with zero attached hydrogens (tertiary/aromatic N) is 2. The molecule has 10 heteroatoms. The molecule has 0 saturated carbocycles. The Balaban J connectivity index is 1.88. The Morgan fingerprint density at radius 3 is 1.88 bits per heavy atom. The topological polar surface area (TPSA) is 93.2 Å². The number of hydrogen-bond donors (Lipinski definition) is 0. The van der Waals surface area contributed by atoms with Crippen molar-refractivity contribution >= 4 is 21.6 Å². The first-order chi connectivity index (χ1) is 20.5. The van der Waals surface area contributed by atoms with E-state index in [1.54, 1.807) is 67.6 Å². The fraction of sp³-hybridized carbons (Fsp3) is 0.394. The fourth-order valence-corrected chi connectivity index (χ4v) is 7.36. The molecule has 3 atom stereocenters. The Morgan fingerprint density at radius 2 is 1.40 bits per heavy atom. The van der Waals surface area contributed by atoms with Gasteiger partial charge in [-0.3, -0.25) is 9.59 Å². The number of carbonyl (C=O) groups is 2. The molecule has 0 N–H and O–H groups in total. The van der Waals surface area contributed by atoms with E-state index in [0.29, 0.717) is 46.7 Å². The molecule has 1 aliphatic heterocycles. The Labute approximate surface area is 253 Å². The monoisotopic (exact) mass is 610 g/mol. The van der Waals surface area contributed by atoms with Gasteiger partial charge in [-0.05, 0) is 75.4 Å². The molecule has 3 aromatic rings. The van der Waals surface area contributed by atoms with Crippen molar-refractivity contribution in [2.24, 2.45) is 11.8 Å². The number of rotatable bonds is 12. The predicted octanol–water partition coefficient (Wildman–Crippen LogP) is 4.83. The molecule has 1 saturated heterocycles. The summed E-state index contributed by atoms with van der Waals surface area (Å²) in [5, 5.41) is 0. The highest BCUT2D eigenvalue weighted by Gasteiger charge is 2.48. The second-order valence-corrected chi connectivity index (χ2v) is 13.3. The van der Waals surface area contributed by atoms with E-state index >= 15 is 0 Å². The van der Waals surface area contributed by atoms with Crippen LogP contribution in [0.15, 0.2) is 66.7 Å². The van der Waals surface area contributed by atoms with Crippen molar-refractivity contribution in [1.29, 1.82) is 0 Å². The van der Waals surface area contributed by atoms with Gasteiger partial charge < -0.3 is 14.4 Å². The van der Waals surface area contributed by atoms with Crippen LogP contribution in [0.4, 0.5) is 4.39 Å². The average molecular weight is 611 g/mol. The van der Waals surface area contributed by atoms with Crippen LogP contribution in [0.5, 0.6) is 11.5 Å². The van der Waals surface area contributed by atoms with Gasteiger partial charge in [-0.25, -0.2) is 17.1 Å². The largest absolute Gasteiger partial charge is 0.497 e. The lowest BCUT2D eigenvalue weighted by Crippen LogP contribution is -2.53. The summed E-state index contributed by atoms with van der Waals surface area (Å²) in [5.41, 5.74) is 1.47. The zero-order valence-electron chi connectivity index (χ0n) is 25.2. The number of benzene rings is 3. The number of Topliss-reactive ketones (excluding diaryl/α,β-unsaturated/α-hetero) is 2. The van der Waals surface area contributed by atoms with E-state index in [2.05, 4.69) is 0 Å². The standard InChI is InChI=1S/C33H39FN2O6S/c1-22-27(14-8-15-30(22)34)31-28(32(37)23-10-6-12-25(18-23)41-4)20-36(43(39,40)17-9-16-35(2)3)21-29(31)33(38)24-11-7-13-26(19-24)42-5/h6-8,10-15,18-19,28-29,31H,9,16-17,20-21H2,1-5H3/t28-,29+,31?. The molecule has 4 rings (SSSR count). The lowest BCUT2D eigenvalue weighted by molar-refractivity contribution is 0.0694. The highest BCUT2D eigenvalue weighted by Crippen LogP contribution is 2.43. The number of hydrogen-bond acceptors (Lipinski definition) is 7. The number of methoxy groups -OCH3 is 2. The number of piperidine rings is 1. The van der Waals surface area contributed by atoms with Gasteiger partial charge in [0.25, 0.3) is 0 Å². The summed E-state index contributed by atoms with van der Waals surface area (Å²) >= 11 is 0. The lowest BCUT2D eigenvalue weighted by Gasteiger charge is -2.43. The average Bonchev–Trinajstić information content (AvgIpc) is 3.00. The van der Waals surface area contributed by atoms with Crippen LogP contribution in [0.2, 0.25) is 0 Å². The van der Waals surface area contributed by atoms with E-state index < -0.39 is 33.6 Å². The van der Waals surface area contributed by atoms with Gasteiger partial charge in [-0.1, -0.05) is 36.4 Å². The zero-order valence-corrected chi connectivity index (χ0v) is 26.1. The summed E-state index contributed by atoms with van der Waals surface area (Å²) in [6, 6.07) is 17.9. The first-order valence-corrected chi connectivity index (χ1v) is 15.8. The van der Waals surface area contributed by atoms with Gasteiger partial charge >= 0.3 is 0 Å². The summed E-state index contributed by atoms with van der Waals surface area (Å²) in [5.74, 6) is -3.07. The molecule has 230 valence electrons. The van der Waals surface area contributed by atoms with Crippen LogP contribution in [0.3, 0.4) is 0 Å². The quantitative estimate of drug-likeness (QED) is 0.271. The third-order valence-electron chi connectivity index (χ3n) is 8.12. The highest BCUT2D eigenvalue weighted by atomic mass is 32.2. The van der Waals surface area contributed by atoms with Crippen LogP contribution < -0.4 is 9.47 Å². The molecule has 43 heavy (non-hydrogen) atoms. The van der Waals surface area contributed by atoms with Crippen LogP contribution >= 0.6 is 0 Å². The second-order valence-electron chi connectivity index (χ2n) is 11.2. The molecular formula is C33H39FN2O6S. The van der Waals surface area contributed by atoms with E-state index in [4.69, 9.17) is 9.47 Å². The van der Waals surface area contributed by atoms with Crippen molar-refractivity contribution < 1.29 is 31.9 Å². The van der Waals surface area contributed by atoms with Crippen LogP contribution in [0, 0.1) is 24.6 Å². The van der Waals surface area contributed by atoms with Gasteiger partial charge in [0.2, 0.25) is 10.0 Å². The third kappa shape index (κ3) is 7.31. The molecule has 1 unspecified atom stereocenters. The Kier molecular flexibility index (Phi) is 10.4. The molecule has 0 spiro atoms. The summed E-state index contributed by atoms with van der Waals surface area (Å²) in [7, 11) is 2.87. The van der Waals surface area contributed by atoms with Crippen molar-refractivity contribution in [2.45, 2.75) is 19.3 Å². The van der Waals surface area contributed by atoms with E-state index in [1.165, 1.54) is 24.6 Å². The SMILES string of the molecule is COc1cccc(C(=O)[C@H]2CN(S(=O)(=O)CCCN(C)C)C[C@@H](C(=O)c3cccc(OC)c3)C2c2cccc(F)c2C)c1. The van der Waals surface area contributed by atoms with Crippen LogP contribution in [-0.4, -0.2) is 82.9 Å². The zero-order chi connectivity index (χ0) is 31.3. The number of ketones is 2. The summed E-state index contributed by atoms with van der Waals surface area (Å²) in [6.45, 7) is 1.91. The van der Waals surface area contributed by atoms with Gasteiger partial charge in [0.15, 0.2) is 11.6 Å². The molecule has 1 fully saturated rings. The third-order valence-corrected chi connectivity index (χ3v) is 10.0. The van der Waals surface area contributed by atoms with Gasteiger partial charge in [0.1, 0.15) is 17.3 Å². The van der Waals surface area contributed by atoms with Crippen molar-refractivity contribution in [3.05, 3.63) is 94.8 Å². The molecule has 0 aliphatic carbocycles. The van der Waals surface area contributed by atoms with Crippen molar-refractivity contribution in [2.75, 3.05) is 53.7 Å². The van der Waals surface area contributed by atoms with Gasteiger partial charge in [0, 0.05) is 42.0 Å². The normalized spacial score (nSPS) is 19.3. The molecule has 0 bridgehead atoms. The van der Waals surface area contributed by atoms with E-state index in [-0.39, 0.29) is 30.4 Å². The number of sulfonamides is 1. The minimum absolute atomic E-state index is 0.130. The lowest BCUT2D eigenvalue weighted by atomic mass is 9.68. The number of halogens is 1. The molecule has 0 amide bonds. The smallest absolute Gasteiger partial charge is 0.214 e. The first-order valence-electron chi connectivity index (χ1n) is 14.2. The van der Waals surface area contributed by atoms with Crippen molar-refractivity contribution in [1.82, 2.24) is 9.21 Å². The molecule has 0 radical (unpaired) electrons. The molecule has 3 aromatic carbocycles. The predicted molar refractivity (Wildman–Crippen MR) is 164 cm³/mol. The maximum atomic E-state index is 15.0. The maximum absolute atomic E-state index is 15.0.